The second kappa shape index (κ2) is 3.35. The highest BCUT2D eigenvalue weighted by Crippen LogP contribution is 2.32. The summed E-state index contributed by atoms with van der Waals surface area (Å²) in [4.78, 5) is 2.59. The maximum atomic E-state index is 4.32. The highest BCUT2D eigenvalue weighted by atomic mass is 79.9. The quantitative estimate of drug-likeness (QED) is 0.807. The lowest BCUT2D eigenvalue weighted by Crippen LogP contribution is -2.54. The van der Waals surface area contributed by atoms with E-state index in [0.29, 0.717) is 6.04 Å². The van der Waals surface area contributed by atoms with Crippen LogP contribution in [0.3, 0.4) is 0 Å². The molecule has 14 heavy (non-hydrogen) atoms. The van der Waals surface area contributed by atoms with Crippen molar-refractivity contribution in [3.63, 3.8) is 0 Å². The number of aromatic nitrogens is 2. The normalized spacial score (nSPS) is 24.6. The molecule has 0 radical (unpaired) electrons. The van der Waals surface area contributed by atoms with Crippen LogP contribution in [-0.2, 0) is 0 Å². The Bertz CT molecular complexity index is 326. The van der Waals surface area contributed by atoms with Crippen LogP contribution >= 0.6 is 15.9 Å². The van der Waals surface area contributed by atoms with Crippen LogP contribution in [0, 0.1) is 0 Å². The third-order valence-corrected chi connectivity index (χ3v) is 3.84. The molecule has 3 rings (SSSR count). The highest BCUT2D eigenvalue weighted by molar-refractivity contribution is 9.10. The molecule has 0 N–H and O–H groups in total. The second-order valence-corrected chi connectivity index (χ2v) is 5.25. The third kappa shape index (κ3) is 1.41. The van der Waals surface area contributed by atoms with Crippen LogP contribution in [-0.4, -0.2) is 33.8 Å². The van der Waals surface area contributed by atoms with Gasteiger partial charge in [-0.05, 0) is 28.8 Å². The van der Waals surface area contributed by atoms with Crippen molar-refractivity contribution >= 4 is 15.9 Å². The van der Waals surface area contributed by atoms with E-state index in [4.69, 9.17) is 0 Å². The molecule has 0 atom stereocenters. The number of likely N-dealkylation sites (tertiary alicyclic amines) is 1. The average molecular weight is 256 g/mol. The van der Waals surface area contributed by atoms with Crippen molar-refractivity contribution in [1.82, 2.24) is 14.7 Å². The summed E-state index contributed by atoms with van der Waals surface area (Å²) >= 11 is 3.43. The number of hydrogen-bond acceptors (Lipinski definition) is 2. The van der Waals surface area contributed by atoms with Crippen LogP contribution in [0.1, 0.15) is 25.3 Å². The summed E-state index contributed by atoms with van der Waals surface area (Å²) in [6.45, 7) is 2.39. The van der Waals surface area contributed by atoms with E-state index in [2.05, 4.69) is 36.8 Å². The van der Waals surface area contributed by atoms with Crippen LogP contribution in [0.4, 0.5) is 0 Å². The molecular weight excluding hydrogens is 242 g/mol. The Morgan fingerprint density at radius 1 is 1.29 bits per heavy atom. The van der Waals surface area contributed by atoms with Gasteiger partial charge in [0.15, 0.2) is 0 Å². The fraction of sp³-hybridized carbons (Fsp3) is 0.700. The van der Waals surface area contributed by atoms with Crippen molar-refractivity contribution in [3.05, 3.63) is 16.9 Å². The van der Waals surface area contributed by atoms with Crippen LogP contribution in [0.2, 0.25) is 0 Å². The Balaban J connectivity index is 1.58. The smallest absolute Gasteiger partial charge is 0.0773 e. The van der Waals surface area contributed by atoms with E-state index in [9.17, 15) is 0 Å². The molecule has 1 aliphatic carbocycles. The first-order valence-electron chi connectivity index (χ1n) is 5.26. The Morgan fingerprint density at radius 3 is 2.57 bits per heavy atom. The molecule has 4 heteroatoms. The lowest BCUT2D eigenvalue weighted by atomic mass is 9.88. The van der Waals surface area contributed by atoms with E-state index in [1.54, 1.807) is 0 Å². The molecular formula is C10H14BrN3. The van der Waals surface area contributed by atoms with Crippen LogP contribution in [0.15, 0.2) is 16.9 Å². The van der Waals surface area contributed by atoms with Gasteiger partial charge in [-0.25, -0.2) is 0 Å². The van der Waals surface area contributed by atoms with E-state index in [1.165, 1.54) is 32.4 Å². The van der Waals surface area contributed by atoms with Crippen molar-refractivity contribution in [2.45, 2.75) is 31.3 Å². The Hall–Kier alpha value is -0.350. The van der Waals surface area contributed by atoms with E-state index < -0.39 is 0 Å². The van der Waals surface area contributed by atoms with Gasteiger partial charge in [0.2, 0.25) is 0 Å². The van der Waals surface area contributed by atoms with Crippen LogP contribution in [0.5, 0.6) is 0 Å². The molecule has 2 fully saturated rings. The molecule has 0 amide bonds. The molecule has 2 heterocycles. The van der Waals surface area contributed by atoms with Crippen LogP contribution in [0.25, 0.3) is 0 Å². The van der Waals surface area contributed by atoms with Gasteiger partial charge in [-0.15, -0.1) is 0 Å². The van der Waals surface area contributed by atoms with E-state index in [-0.39, 0.29) is 0 Å². The fourth-order valence-corrected chi connectivity index (χ4v) is 2.52. The second-order valence-electron chi connectivity index (χ2n) is 4.33. The molecule has 1 aromatic rings. The van der Waals surface area contributed by atoms with Crippen molar-refractivity contribution in [3.8, 4) is 0 Å². The molecule has 76 valence electrons. The third-order valence-electron chi connectivity index (χ3n) is 3.43. The number of hydrogen-bond donors (Lipinski definition) is 0. The zero-order valence-corrected chi connectivity index (χ0v) is 9.65. The van der Waals surface area contributed by atoms with Gasteiger partial charge in [-0.2, -0.15) is 5.10 Å². The molecule has 0 unspecified atom stereocenters. The Morgan fingerprint density at radius 2 is 2.07 bits per heavy atom. The molecule has 3 nitrogen and oxygen atoms in total. The standard InChI is InChI=1S/C10H14BrN3/c11-8-4-12-14(5-8)10-6-13(7-10)9-2-1-3-9/h4-5,9-10H,1-3,6-7H2. The van der Waals surface area contributed by atoms with Crippen molar-refractivity contribution < 1.29 is 0 Å². The molecule has 1 saturated carbocycles. The van der Waals surface area contributed by atoms with Crippen LogP contribution < -0.4 is 0 Å². The summed E-state index contributed by atoms with van der Waals surface area (Å²) in [6, 6.07) is 1.51. The molecule has 1 aromatic heterocycles. The minimum atomic E-state index is 0.613. The lowest BCUT2D eigenvalue weighted by molar-refractivity contribution is 0.0181. The van der Waals surface area contributed by atoms with Gasteiger partial charge < -0.3 is 0 Å². The summed E-state index contributed by atoms with van der Waals surface area (Å²) < 4.78 is 3.17. The highest BCUT2D eigenvalue weighted by Gasteiger charge is 2.36. The van der Waals surface area contributed by atoms with Gasteiger partial charge >= 0.3 is 0 Å². The molecule has 0 bridgehead atoms. The minimum absolute atomic E-state index is 0.613. The van der Waals surface area contributed by atoms with E-state index in [1.807, 2.05) is 6.20 Å². The zero-order chi connectivity index (χ0) is 9.54. The summed E-state index contributed by atoms with van der Waals surface area (Å²) in [5, 5.41) is 4.32. The summed E-state index contributed by atoms with van der Waals surface area (Å²) in [5.74, 6) is 0. The maximum absolute atomic E-state index is 4.32. The first kappa shape index (κ1) is 8.92. The van der Waals surface area contributed by atoms with Crippen molar-refractivity contribution in [1.29, 1.82) is 0 Å². The number of nitrogens with zero attached hydrogens (tertiary/aromatic N) is 3. The number of halogens is 1. The Labute approximate surface area is 92.2 Å². The summed E-state index contributed by atoms with van der Waals surface area (Å²) in [7, 11) is 0. The predicted molar refractivity (Wildman–Crippen MR) is 58.2 cm³/mol. The first-order chi connectivity index (χ1) is 6.83. The minimum Gasteiger partial charge on any atom is -0.296 e. The van der Waals surface area contributed by atoms with Crippen molar-refractivity contribution in [2.75, 3.05) is 13.1 Å². The molecule has 0 aromatic carbocycles. The first-order valence-corrected chi connectivity index (χ1v) is 6.06. The topological polar surface area (TPSA) is 21.1 Å². The van der Waals surface area contributed by atoms with Gasteiger partial charge in [0.25, 0.3) is 0 Å². The Kier molecular flexibility index (Phi) is 2.13. The van der Waals surface area contributed by atoms with Gasteiger partial charge in [-0.1, -0.05) is 6.42 Å². The SMILES string of the molecule is Brc1cnn(C2CN(C3CCC3)C2)c1. The molecule has 1 aliphatic heterocycles. The molecule has 1 saturated heterocycles. The largest absolute Gasteiger partial charge is 0.296 e. The number of rotatable bonds is 2. The van der Waals surface area contributed by atoms with Gasteiger partial charge in [0.1, 0.15) is 0 Å². The lowest BCUT2D eigenvalue weighted by Gasteiger charge is -2.47. The van der Waals surface area contributed by atoms with Gasteiger partial charge in [0.05, 0.1) is 16.7 Å². The van der Waals surface area contributed by atoms with Gasteiger partial charge in [-0.3, -0.25) is 9.58 Å². The predicted octanol–water partition coefficient (Wildman–Crippen LogP) is 2.05. The summed E-state index contributed by atoms with van der Waals surface area (Å²) in [6.07, 6.45) is 8.19. The maximum Gasteiger partial charge on any atom is 0.0773 e. The van der Waals surface area contributed by atoms with E-state index >= 15 is 0 Å². The zero-order valence-electron chi connectivity index (χ0n) is 8.06. The molecule has 2 aliphatic rings. The van der Waals surface area contributed by atoms with Gasteiger partial charge in [0, 0.05) is 25.3 Å². The summed E-state index contributed by atoms with van der Waals surface area (Å²) in [5.41, 5.74) is 0. The van der Waals surface area contributed by atoms with E-state index in [0.717, 1.165) is 10.5 Å². The average Bonchev–Trinajstić information content (AvgIpc) is 2.38. The molecule has 0 spiro atoms. The fourth-order valence-electron chi connectivity index (χ4n) is 2.22. The van der Waals surface area contributed by atoms with Crippen molar-refractivity contribution in [2.24, 2.45) is 0 Å². The monoisotopic (exact) mass is 255 g/mol.